The molecule has 0 radical (unpaired) electrons. The Morgan fingerprint density at radius 1 is 0.288 bits per heavy atom. The quantitative estimate of drug-likeness (QED) is 0.169. The van der Waals surface area contributed by atoms with Crippen molar-refractivity contribution in [2.75, 3.05) is 4.90 Å². The second-order valence-corrected chi connectivity index (χ2v) is 16.8. The third-order valence-electron chi connectivity index (χ3n) is 13.5. The van der Waals surface area contributed by atoms with Gasteiger partial charge in [-0.2, -0.15) is 0 Å². The molecule has 0 N–H and O–H groups in total. The fraction of sp³-hybridized carbons (Fsp3) is 0.0690. The summed E-state index contributed by atoms with van der Waals surface area (Å²) >= 11 is 0. The summed E-state index contributed by atoms with van der Waals surface area (Å²) in [5.41, 5.74) is 23.8. The van der Waals surface area contributed by atoms with Crippen molar-refractivity contribution in [1.29, 1.82) is 0 Å². The van der Waals surface area contributed by atoms with Crippen LogP contribution in [-0.2, 0) is 10.8 Å². The first-order valence-electron chi connectivity index (χ1n) is 20.8. The third kappa shape index (κ3) is 4.73. The first-order valence-corrected chi connectivity index (χ1v) is 20.8. The van der Waals surface area contributed by atoms with Gasteiger partial charge < -0.3 is 4.90 Å². The second kappa shape index (κ2) is 12.6. The summed E-state index contributed by atoms with van der Waals surface area (Å²) in [7, 11) is 0. The van der Waals surface area contributed by atoms with Gasteiger partial charge in [-0.15, -0.1) is 0 Å². The summed E-state index contributed by atoms with van der Waals surface area (Å²) in [5, 5.41) is 0. The van der Waals surface area contributed by atoms with E-state index in [2.05, 4.69) is 231 Å². The molecule has 0 heterocycles. The molecule has 12 rings (SSSR count). The van der Waals surface area contributed by atoms with Gasteiger partial charge in [-0.1, -0.05) is 190 Å². The summed E-state index contributed by atoms with van der Waals surface area (Å²) in [4.78, 5) is 2.48. The lowest BCUT2D eigenvalue weighted by atomic mass is 9.70. The van der Waals surface area contributed by atoms with Gasteiger partial charge in [0, 0.05) is 22.5 Å². The van der Waals surface area contributed by atoms with Crippen LogP contribution in [0.25, 0.3) is 55.6 Å². The smallest absolute Gasteiger partial charge is 0.0726 e. The first kappa shape index (κ1) is 33.9. The standard InChI is InChI=1S/C58H41N/c1-57(2)50-24-12-9-20-45(50)47-34-32-42(36-54(47)57)59(41-30-28-39(29-31-41)38-16-5-3-6-17-38)43-33-35-48-46-21-10-13-25-51(46)58(55(48)37-43)52-26-14-11-22-49(52)56-44(23-15-27-53(56)58)40-18-7-4-8-19-40/h3-37H,1-2H3/t58-/m1/s1. The maximum Gasteiger partial charge on any atom is 0.0726 e. The highest BCUT2D eigenvalue weighted by Gasteiger charge is 2.52. The normalized spacial score (nSPS) is 15.8. The number of hydrogen-bond donors (Lipinski definition) is 0. The van der Waals surface area contributed by atoms with Gasteiger partial charge in [0.15, 0.2) is 0 Å². The predicted molar refractivity (Wildman–Crippen MR) is 246 cm³/mol. The molecule has 1 nitrogen and oxygen atoms in total. The SMILES string of the molecule is CC1(C)c2ccccc2-c2ccc(N(c3ccc(-c4ccccc4)cc3)c3ccc4c(c3)[C@]3(c5ccccc5-4)c4ccccc4-c4c(-c5ccccc5)cccc43)cc21. The summed E-state index contributed by atoms with van der Waals surface area (Å²) in [5.74, 6) is 0. The molecule has 0 aliphatic heterocycles. The van der Waals surface area contributed by atoms with E-state index in [0.29, 0.717) is 0 Å². The molecule has 1 heteroatoms. The lowest BCUT2D eigenvalue weighted by Gasteiger charge is -2.32. The van der Waals surface area contributed by atoms with Crippen LogP contribution in [-0.4, -0.2) is 0 Å². The third-order valence-corrected chi connectivity index (χ3v) is 13.5. The summed E-state index contributed by atoms with van der Waals surface area (Å²) in [6.07, 6.45) is 0. The molecular weight excluding hydrogens is 711 g/mol. The molecule has 0 unspecified atom stereocenters. The molecule has 9 aromatic carbocycles. The molecule has 0 bridgehead atoms. The van der Waals surface area contributed by atoms with Crippen LogP contribution >= 0.6 is 0 Å². The number of benzene rings is 9. The highest BCUT2D eigenvalue weighted by atomic mass is 15.1. The van der Waals surface area contributed by atoms with Gasteiger partial charge in [0.05, 0.1) is 5.41 Å². The molecule has 278 valence electrons. The molecule has 59 heavy (non-hydrogen) atoms. The van der Waals surface area contributed by atoms with Crippen molar-refractivity contribution in [2.24, 2.45) is 0 Å². The molecule has 0 fully saturated rings. The number of anilines is 3. The highest BCUT2D eigenvalue weighted by molar-refractivity contribution is 6.00. The van der Waals surface area contributed by atoms with E-state index in [1.165, 1.54) is 89.0 Å². The minimum atomic E-state index is -0.483. The van der Waals surface area contributed by atoms with Crippen LogP contribution in [0, 0.1) is 0 Å². The minimum absolute atomic E-state index is 0.123. The topological polar surface area (TPSA) is 3.24 Å². The highest BCUT2D eigenvalue weighted by Crippen LogP contribution is 2.64. The number of nitrogens with zero attached hydrogens (tertiary/aromatic N) is 1. The Morgan fingerprint density at radius 3 is 1.41 bits per heavy atom. The van der Waals surface area contributed by atoms with Gasteiger partial charge in [-0.25, -0.2) is 0 Å². The van der Waals surface area contributed by atoms with Crippen LogP contribution in [0.4, 0.5) is 17.1 Å². The number of fused-ring (bicyclic) bond motifs is 13. The molecule has 1 spiro atoms. The number of rotatable bonds is 5. The second-order valence-electron chi connectivity index (χ2n) is 16.8. The first-order chi connectivity index (χ1) is 29.0. The van der Waals surface area contributed by atoms with Crippen molar-refractivity contribution in [3.63, 3.8) is 0 Å². The lowest BCUT2D eigenvalue weighted by Crippen LogP contribution is -2.26. The van der Waals surface area contributed by atoms with E-state index in [4.69, 9.17) is 0 Å². The van der Waals surface area contributed by atoms with Gasteiger partial charge in [0.2, 0.25) is 0 Å². The lowest BCUT2D eigenvalue weighted by molar-refractivity contribution is 0.660. The summed E-state index contributed by atoms with van der Waals surface area (Å²) in [6.45, 7) is 4.74. The van der Waals surface area contributed by atoms with E-state index in [1.54, 1.807) is 0 Å². The molecular formula is C58H41N. The van der Waals surface area contributed by atoms with Crippen molar-refractivity contribution < 1.29 is 0 Å². The maximum absolute atomic E-state index is 2.51. The summed E-state index contributed by atoms with van der Waals surface area (Å²) < 4.78 is 0. The summed E-state index contributed by atoms with van der Waals surface area (Å²) in [6, 6.07) is 79.2. The van der Waals surface area contributed by atoms with Gasteiger partial charge in [0.1, 0.15) is 0 Å². The van der Waals surface area contributed by atoms with E-state index < -0.39 is 5.41 Å². The molecule has 0 saturated carbocycles. The van der Waals surface area contributed by atoms with Gasteiger partial charge >= 0.3 is 0 Å². The van der Waals surface area contributed by atoms with E-state index in [-0.39, 0.29) is 5.41 Å². The number of hydrogen-bond acceptors (Lipinski definition) is 1. The largest absolute Gasteiger partial charge is 0.310 e. The predicted octanol–water partition coefficient (Wildman–Crippen LogP) is 15.1. The molecule has 9 aromatic rings. The van der Waals surface area contributed by atoms with Crippen molar-refractivity contribution in [1.82, 2.24) is 0 Å². The Bertz CT molecular complexity index is 3120. The van der Waals surface area contributed by atoms with Gasteiger partial charge in [0.25, 0.3) is 0 Å². The van der Waals surface area contributed by atoms with E-state index in [1.807, 2.05) is 0 Å². The fourth-order valence-corrected chi connectivity index (χ4v) is 10.9. The van der Waals surface area contributed by atoms with Crippen molar-refractivity contribution in [3.05, 3.63) is 246 Å². The average molecular weight is 752 g/mol. The van der Waals surface area contributed by atoms with E-state index in [0.717, 1.165) is 17.1 Å². The van der Waals surface area contributed by atoms with Crippen molar-refractivity contribution in [2.45, 2.75) is 24.7 Å². The molecule has 3 aliphatic carbocycles. The molecule has 0 amide bonds. The van der Waals surface area contributed by atoms with Crippen molar-refractivity contribution >= 4 is 17.1 Å². The fourth-order valence-electron chi connectivity index (χ4n) is 10.9. The average Bonchev–Trinajstić information content (AvgIpc) is 3.86. The van der Waals surface area contributed by atoms with Crippen LogP contribution in [0.2, 0.25) is 0 Å². The Hall–Kier alpha value is -7.22. The molecule has 3 aliphatic rings. The monoisotopic (exact) mass is 751 g/mol. The molecule has 1 atom stereocenters. The Balaban J connectivity index is 1.10. The zero-order valence-electron chi connectivity index (χ0n) is 33.2. The van der Waals surface area contributed by atoms with E-state index >= 15 is 0 Å². The Kier molecular flexibility index (Phi) is 7.26. The van der Waals surface area contributed by atoms with Crippen LogP contribution in [0.15, 0.2) is 212 Å². The van der Waals surface area contributed by atoms with Gasteiger partial charge in [-0.05, 0) is 125 Å². The van der Waals surface area contributed by atoms with Crippen LogP contribution in [0.3, 0.4) is 0 Å². The van der Waals surface area contributed by atoms with Crippen LogP contribution in [0.1, 0.15) is 47.2 Å². The minimum Gasteiger partial charge on any atom is -0.310 e. The van der Waals surface area contributed by atoms with Gasteiger partial charge in [-0.3, -0.25) is 0 Å². The maximum atomic E-state index is 2.51. The van der Waals surface area contributed by atoms with E-state index in [9.17, 15) is 0 Å². The molecule has 0 saturated heterocycles. The van der Waals surface area contributed by atoms with Crippen LogP contribution in [0.5, 0.6) is 0 Å². The zero-order valence-corrected chi connectivity index (χ0v) is 33.2. The molecule has 0 aromatic heterocycles. The van der Waals surface area contributed by atoms with Crippen LogP contribution < -0.4 is 4.90 Å². The Morgan fingerprint density at radius 2 is 0.729 bits per heavy atom. The Labute approximate surface area is 346 Å². The van der Waals surface area contributed by atoms with Crippen molar-refractivity contribution in [3.8, 4) is 55.6 Å². The zero-order chi connectivity index (χ0) is 39.3.